The average Bonchev–Trinajstić information content (AvgIpc) is 3.52. The first-order valence-electron chi connectivity index (χ1n) is 15.9. The molecule has 0 atom stereocenters. The fraction of sp³-hybridized carbons (Fsp3) is 0.528. The van der Waals surface area contributed by atoms with Crippen LogP contribution in [0.1, 0.15) is 89.2 Å². The first kappa shape index (κ1) is 30.8. The number of carbonyl (C=O) groups excluding carboxylic acids is 1. The van der Waals surface area contributed by atoms with E-state index in [4.69, 9.17) is 4.74 Å². The summed E-state index contributed by atoms with van der Waals surface area (Å²) in [6, 6.07) is 14.8. The maximum atomic E-state index is 14.2. The van der Waals surface area contributed by atoms with Gasteiger partial charge in [0, 0.05) is 29.9 Å². The Balaban J connectivity index is 1.35. The monoisotopic (exact) mass is 585 g/mol. The van der Waals surface area contributed by atoms with Crippen LogP contribution in [-0.4, -0.2) is 40.4 Å². The van der Waals surface area contributed by atoms with Crippen LogP contribution in [0.25, 0.3) is 11.1 Å². The van der Waals surface area contributed by atoms with Crippen molar-refractivity contribution < 1.29 is 19.4 Å². The van der Waals surface area contributed by atoms with Crippen molar-refractivity contribution in [3.05, 3.63) is 66.0 Å². The van der Waals surface area contributed by atoms with Gasteiger partial charge in [0.05, 0.1) is 24.8 Å². The molecule has 0 bridgehead atoms. The SMILES string of the molecule is COc1ccc(C2CCC(CN(C(=O)C3CCC(C(=O)O)CC3)c3cccc(-c4cnn(C(C)(C)C)c4)c3)CC2)cc1C. The smallest absolute Gasteiger partial charge is 0.306 e. The van der Waals surface area contributed by atoms with Crippen LogP contribution >= 0.6 is 0 Å². The lowest BCUT2D eigenvalue weighted by atomic mass is 9.77. The standard InChI is InChI=1S/C36H47N3O4/c1-24-19-30(17-18-33(24)43-5)26-11-9-25(10-12-26)22-38(34(40)27-13-15-28(16-14-27)35(41)42)32-8-6-7-29(20-32)31-21-37-39(23-31)36(2,3)4/h6-8,17-21,23,25-28H,9-16,22H2,1-5H3,(H,41,42). The Bertz CT molecular complexity index is 1420. The molecular formula is C36H47N3O4. The van der Waals surface area contributed by atoms with Crippen molar-refractivity contribution in [2.24, 2.45) is 17.8 Å². The van der Waals surface area contributed by atoms with Crippen LogP contribution in [0.5, 0.6) is 5.75 Å². The number of aryl methyl sites for hydroxylation is 1. The number of carboxylic acid groups (broad SMARTS) is 1. The Kier molecular flexibility index (Phi) is 9.28. The number of amides is 1. The summed E-state index contributed by atoms with van der Waals surface area (Å²) in [6.07, 6.45) is 10.7. The fourth-order valence-electron chi connectivity index (χ4n) is 6.91. The Morgan fingerprint density at radius 3 is 2.26 bits per heavy atom. The molecule has 0 spiro atoms. The molecule has 2 aliphatic rings. The predicted octanol–water partition coefficient (Wildman–Crippen LogP) is 7.82. The van der Waals surface area contributed by atoms with Crippen LogP contribution in [0.4, 0.5) is 5.69 Å². The number of anilines is 1. The van der Waals surface area contributed by atoms with E-state index in [1.165, 1.54) is 11.1 Å². The zero-order valence-corrected chi connectivity index (χ0v) is 26.4. The van der Waals surface area contributed by atoms with Gasteiger partial charge in [0.1, 0.15) is 5.75 Å². The molecule has 2 saturated carbocycles. The quantitative estimate of drug-likeness (QED) is 0.291. The summed E-state index contributed by atoms with van der Waals surface area (Å²) in [5.41, 5.74) is 5.42. The number of nitrogens with zero attached hydrogens (tertiary/aromatic N) is 3. The van der Waals surface area contributed by atoms with Gasteiger partial charge in [-0.15, -0.1) is 0 Å². The van der Waals surface area contributed by atoms with Crippen molar-refractivity contribution in [3.63, 3.8) is 0 Å². The maximum absolute atomic E-state index is 14.2. The minimum Gasteiger partial charge on any atom is -0.496 e. The molecule has 230 valence electrons. The normalized spacial score (nSPS) is 22.6. The summed E-state index contributed by atoms with van der Waals surface area (Å²) in [5.74, 6) is 0.797. The summed E-state index contributed by atoms with van der Waals surface area (Å²) < 4.78 is 7.44. The van der Waals surface area contributed by atoms with Gasteiger partial charge in [-0.05, 0) is 126 Å². The molecule has 7 heteroatoms. The fourth-order valence-corrected chi connectivity index (χ4v) is 6.91. The molecule has 1 amide bonds. The van der Waals surface area contributed by atoms with Gasteiger partial charge in [0.25, 0.3) is 0 Å². The number of methoxy groups -OCH3 is 1. The van der Waals surface area contributed by atoms with Gasteiger partial charge in [0.15, 0.2) is 0 Å². The molecule has 3 aromatic rings. The van der Waals surface area contributed by atoms with Gasteiger partial charge < -0.3 is 14.7 Å². The largest absolute Gasteiger partial charge is 0.496 e. The van der Waals surface area contributed by atoms with E-state index < -0.39 is 5.97 Å². The van der Waals surface area contributed by atoms with Gasteiger partial charge in [-0.3, -0.25) is 14.3 Å². The van der Waals surface area contributed by atoms with Crippen LogP contribution in [0.2, 0.25) is 0 Å². The number of benzene rings is 2. The van der Waals surface area contributed by atoms with Crippen molar-refractivity contribution in [2.45, 2.75) is 90.5 Å². The Morgan fingerprint density at radius 1 is 0.953 bits per heavy atom. The lowest BCUT2D eigenvalue weighted by Gasteiger charge is -2.36. The average molecular weight is 586 g/mol. The molecule has 0 saturated heterocycles. The van der Waals surface area contributed by atoms with Gasteiger partial charge in [-0.25, -0.2) is 0 Å². The van der Waals surface area contributed by atoms with E-state index in [-0.39, 0.29) is 23.3 Å². The molecule has 2 fully saturated rings. The molecule has 5 rings (SSSR count). The van der Waals surface area contributed by atoms with Crippen LogP contribution < -0.4 is 9.64 Å². The third kappa shape index (κ3) is 7.14. The van der Waals surface area contributed by atoms with Gasteiger partial charge in [-0.2, -0.15) is 5.10 Å². The highest BCUT2D eigenvalue weighted by Crippen LogP contribution is 2.39. The highest BCUT2D eigenvalue weighted by atomic mass is 16.5. The number of hydrogen-bond acceptors (Lipinski definition) is 4. The second-order valence-corrected chi connectivity index (χ2v) is 13.7. The minimum absolute atomic E-state index is 0.115. The van der Waals surface area contributed by atoms with Crippen LogP contribution in [0.3, 0.4) is 0 Å². The number of aliphatic carboxylic acids is 1. The molecular weight excluding hydrogens is 538 g/mol. The number of aromatic nitrogens is 2. The number of hydrogen-bond donors (Lipinski definition) is 1. The summed E-state index contributed by atoms with van der Waals surface area (Å²) >= 11 is 0. The van der Waals surface area contributed by atoms with Gasteiger partial charge in [-0.1, -0.05) is 24.3 Å². The van der Waals surface area contributed by atoms with Crippen LogP contribution in [0.15, 0.2) is 54.9 Å². The maximum Gasteiger partial charge on any atom is 0.306 e. The Labute approximate surface area is 256 Å². The number of carboxylic acids is 1. The minimum atomic E-state index is -0.741. The van der Waals surface area contributed by atoms with Gasteiger partial charge >= 0.3 is 5.97 Å². The predicted molar refractivity (Wildman–Crippen MR) is 171 cm³/mol. The highest BCUT2D eigenvalue weighted by Gasteiger charge is 2.34. The topological polar surface area (TPSA) is 84.7 Å². The van der Waals surface area contributed by atoms with Gasteiger partial charge in [0.2, 0.25) is 5.91 Å². The molecule has 1 heterocycles. The number of ether oxygens (including phenoxy) is 1. The molecule has 2 aromatic carbocycles. The molecule has 0 aliphatic heterocycles. The van der Waals surface area contributed by atoms with E-state index in [1.807, 2.05) is 27.9 Å². The lowest BCUT2D eigenvalue weighted by Crippen LogP contribution is -2.41. The van der Waals surface area contributed by atoms with E-state index >= 15 is 0 Å². The van der Waals surface area contributed by atoms with E-state index in [0.717, 1.165) is 48.2 Å². The van der Waals surface area contributed by atoms with Crippen LogP contribution in [-0.2, 0) is 15.1 Å². The second-order valence-electron chi connectivity index (χ2n) is 13.7. The van der Waals surface area contributed by atoms with Crippen molar-refractivity contribution >= 4 is 17.6 Å². The summed E-state index contributed by atoms with van der Waals surface area (Å²) in [7, 11) is 1.71. The lowest BCUT2D eigenvalue weighted by molar-refractivity contribution is -0.144. The summed E-state index contributed by atoms with van der Waals surface area (Å²) in [4.78, 5) is 27.7. The molecule has 43 heavy (non-hydrogen) atoms. The van der Waals surface area contributed by atoms with E-state index in [9.17, 15) is 14.7 Å². The first-order chi connectivity index (χ1) is 20.5. The Hall–Kier alpha value is -3.61. The van der Waals surface area contributed by atoms with Crippen molar-refractivity contribution in [2.75, 3.05) is 18.6 Å². The van der Waals surface area contributed by atoms with E-state index in [2.05, 4.69) is 69.3 Å². The Morgan fingerprint density at radius 2 is 1.65 bits per heavy atom. The number of carbonyl (C=O) groups is 2. The highest BCUT2D eigenvalue weighted by molar-refractivity contribution is 5.96. The van der Waals surface area contributed by atoms with E-state index in [1.54, 1.807) is 7.11 Å². The molecule has 7 nitrogen and oxygen atoms in total. The summed E-state index contributed by atoms with van der Waals surface area (Å²) in [6.45, 7) is 9.18. The second kappa shape index (κ2) is 12.9. The molecule has 0 radical (unpaired) electrons. The van der Waals surface area contributed by atoms with E-state index in [0.29, 0.717) is 44.1 Å². The van der Waals surface area contributed by atoms with Crippen molar-refractivity contribution in [1.82, 2.24) is 9.78 Å². The van der Waals surface area contributed by atoms with Crippen LogP contribution in [0, 0.1) is 24.7 Å². The van der Waals surface area contributed by atoms with Crippen molar-refractivity contribution in [1.29, 1.82) is 0 Å². The third-order valence-electron chi connectivity index (χ3n) is 9.63. The molecule has 2 aliphatic carbocycles. The zero-order chi connectivity index (χ0) is 30.7. The molecule has 1 aromatic heterocycles. The summed E-state index contributed by atoms with van der Waals surface area (Å²) in [5, 5.41) is 14.1. The third-order valence-corrected chi connectivity index (χ3v) is 9.63. The molecule has 1 N–H and O–H groups in total. The zero-order valence-electron chi connectivity index (χ0n) is 26.4. The van der Waals surface area contributed by atoms with Crippen molar-refractivity contribution in [3.8, 4) is 16.9 Å². The first-order valence-corrected chi connectivity index (χ1v) is 15.9. The molecule has 0 unspecified atom stereocenters. The number of rotatable bonds is 8.